The number of rotatable bonds is 3. The first-order valence-corrected chi connectivity index (χ1v) is 6.67. The Hall–Kier alpha value is -0.610. The van der Waals surface area contributed by atoms with Crippen molar-refractivity contribution in [2.24, 2.45) is 35.3 Å². The molecular formula is C13H21NO3. The van der Waals surface area contributed by atoms with Crippen molar-refractivity contribution < 1.29 is 15.0 Å². The third kappa shape index (κ3) is 1.54. The third-order valence-corrected chi connectivity index (χ3v) is 5.48. The van der Waals surface area contributed by atoms with Gasteiger partial charge in [0.1, 0.15) is 5.54 Å². The highest BCUT2D eigenvalue weighted by molar-refractivity contribution is 5.79. The maximum absolute atomic E-state index is 11.4. The van der Waals surface area contributed by atoms with Crippen molar-refractivity contribution >= 4 is 5.97 Å². The molecule has 17 heavy (non-hydrogen) atoms. The average Bonchev–Trinajstić information content (AvgIpc) is 2.26. The van der Waals surface area contributed by atoms with Crippen LogP contribution < -0.4 is 5.73 Å². The zero-order chi connectivity index (χ0) is 12.2. The molecule has 4 aliphatic rings. The van der Waals surface area contributed by atoms with Gasteiger partial charge >= 0.3 is 5.97 Å². The molecule has 4 saturated carbocycles. The molecule has 0 aromatic heterocycles. The van der Waals surface area contributed by atoms with E-state index in [1.165, 1.54) is 6.42 Å². The van der Waals surface area contributed by atoms with Gasteiger partial charge in [0, 0.05) is 0 Å². The number of carbonyl (C=O) groups is 1. The van der Waals surface area contributed by atoms with E-state index in [2.05, 4.69) is 0 Å². The largest absolute Gasteiger partial charge is 0.480 e. The lowest BCUT2D eigenvalue weighted by Gasteiger charge is -2.57. The Balaban J connectivity index is 1.91. The maximum Gasteiger partial charge on any atom is 0.326 e. The fourth-order valence-corrected chi connectivity index (χ4v) is 5.08. The summed E-state index contributed by atoms with van der Waals surface area (Å²) in [6, 6.07) is 0. The van der Waals surface area contributed by atoms with Crippen LogP contribution in [0.4, 0.5) is 0 Å². The van der Waals surface area contributed by atoms with Crippen LogP contribution in [0.5, 0.6) is 0 Å². The van der Waals surface area contributed by atoms with Gasteiger partial charge in [-0.15, -0.1) is 0 Å². The number of hydrogen-bond donors (Lipinski definition) is 3. The summed E-state index contributed by atoms with van der Waals surface area (Å²) in [5.74, 6) is 1.41. The minimum atomic E-state index is -1.41. The number of hydrogen-bond acceptors (Lipinski definition) is 3. The topological polar surface area (TPSA) is 83.5 Å². The molecule has 0 spiro atoms. The molecule has 4 rings (SSSR count). The Bertz CT molecular complexity index is 316. The standard InChI is InChI=1S/C13H21NO3/c14-13(6-15,12(16)17)11-9-2-7-1-8(4-9)5-10(11)3-7/h7-11,15H,1-6,14H2,(H,16,17). The van der Waals surface area contributed by atoms with Crippen LogP contribution in [0.3, 0.4) is 0 Å². The summed E-state index contributed by atoms with van der Waals surface area (Å²) in [4.78, 5) is 11.4. The molecule has 0 amide bonds. The molecule has 4 fully saturated rings. The zero-order valence-electron chi connectivity index (χ0n) is 10.0. The van der Waals surface area contributed by atoms with Crippen molar-refractivity contribution in [3.05, 3.63) is 0 Å². The molecule has 0 aromatic carbocycles. The lowest BCUT2D eigenvalue weighted by molar-refractivity contribution is -0.157. The first kappa shape index (κ1) is 11.5. The summed E-state index contributed by atoms with van der Waals surface area (Å²) in [5.41, 5.74) is 4.60. The molecule has 1 unspecified atom stereocenters. The second-order valence-electron chi connectivity index (χ2n) is 6.46. The van der Waals surface area contributed by atoms with Crippen LogP contribution in [-0.2, 0) is 4.79 Å². The normalized spacial score (nSPS) is 46.8. The smallest absolute Gasteiger partial charge is 0.326 e. The first-order chi connectivity index (χ1) is 8.04. The summed E-state index contributed by atoms with van der Waals surface area (Å²) in [5, 5.41) is 18.8. The van der Waals surface area contributed by atoms with Gasteiger partial charge in [0.05, 0.1) is 6.61 Å². The van der Waals surface area contributed by atoms with Gasteiger partial charge in [-0.1, -0.05) is 0 Å². The molecule has 0 heterocycles. The highest BCUT2D eigenvalue weighted by atomic mass is 16.4. The Kier molecular flexibility index (Phi) is 2.49. The Labute approximate surface area is 101 Å². The van der Waals surface area contributed by atoms with E-state index in [0.29, 0.717) is 11.8 Å². The molecule has 4 heteroatoms. The quantitative estimate of drug-likeness (QED) is 0.681. The van der Waals surface area contributed by atoms with Crippen molar-refractivity contribution in [3.63, 3.8) is 0 Å². The van der Waals surface area contributed by atoms with E-state index in [4.69, 9.17) is 5.73 Å². The number of aliphatic hydroxyl groups excluding tert-OH is 1. The van der Waals surface area contributed by atoms with Gasteiger partial charge in [-0.25, -0.2) is 0 Å². The van der Waals surface area contributed by atoms with E-state index in [0.717, 1.165) is 37.5 Å². The van der Waals surface area contributed by atoms with Crippen LogP contribution in [-0.4, -0.2) is 28.3 Å². The van der Waals surface area contributed by atoms with Gasteiger partial charge in [-0.2, -0.15) is 0 Å². The van der Waals surface area contributed by atoms with Crippen molar-refractivity contribution in [1.82, 2.24) is 0 Å². The molecule has 4 aliphatic carbocycles. The van der Waals surface area contributed by atoms with Crippen LogP contribution in [0.15, 0.2) is 0 Å². The molecule has 1 atom stereocenters. The maximum atomic E-state index is 11.4. The summed E-state index contributed by atoms with van der Waals surface area (Å²) < 4.78 is 0. The molecular weight excluding hydrogens is 218 g/mol. The van der Waals surface area contributed by atoms with Gasteiger partial charge in [0.25, 0.3) is 0 Å². The van der Waals surface area contributed by atoms with Crippen molar-refractivity contribution in [2.45, 2.75) is 37.6 Å². The minimum absolute atomic E-state index is 0.0159. The van der Waals surface area contributed by atoms with Gasteiger partial charge in [0.15, 0.2) is 0 Å². The lowest BCUT2D eigenvalue weighted by atomic mass is 9.48. The number of aliphatic hydroxyl groups is 1. The molecule has 0 saturated heterocycles. The number of carboxylic acids is 1. The molecule has 0 radical (unpaired) electrons. The number of aliphatic carboxylic acids is 1. The first-order valence-electron chi connectivity index (χ1n) is 6.67. The third-order valence-electron chi connectivity index (χ3n) is 5.48. The van der Waals surface area contributed by atoms with E-state index in [-0.39, 0.29) is 5.92 Å². The fraction of sp³-hybridized carbons (Fsp3) is 0.923. The van der Waals surface area contributed by atoms with Crippen LogP contribution in [0, 0.1) is 29.6 Å². The lowest BCUT2D eigenvalue weighted by Crippen LogP contribution is -2.64. The second kappa shape index (κ2) is 3.69. The second-order valence-corrected chi connectivity index (χ2v) is 6.46. The van der Waals surface area contributed by atoms with Crippen LogP contribution in [0.2, 0.25) is 0 Å². The van der Waals surface area contributed by atoms with E-state index in [1.54, 1.807) is 0 Å². The van der Waals surface area contributed by atoms with Gasteiger partial charge in [-0.3, -0.25) is 4.79 Å². The summed E-state index contributed by atoms with van der Waals surface area (Å²) in [6.45, 7) is -0.435. The van der Waals surface area contributed by atoms with E-state index in [1.807, 2.05) is 0 Å². The predicted molar refractivity (Wildman–Crippen MR) is 62.2 cm³/mol. The van der Waals surface area contributed by atoms with E-state index < -0.39 is 18.1 Å². The van der Waals surface area contributed by atoms with E-state index in [9.17, 15) is 15.0 Å². The number of carboxylic acid groups (broad SMARTS) is 1. The molecule has 4 nitrogen and oxygen atoms in total. The molecule has 4 bridgehead atoms. The predicted octanol–water partition coefficient (Wildman–Crippen LogP) is 0.833. The monoisotopic (exact) mass is 239 g/mol. The highest BCUT2D eigenvalue weighted by Crippen LogP contribution is 2.58. The zero-order valence-corrected chi connectivity index (χ0v) is 10.0. The van der Waals surface area contributed by atoms with Crippen LogP contribution in [0.25, 0.3) is 0 Å². The van der Waals surface area contributed by atoms with Crippen LogP contribution >= 0.6 is 0 Å². The Morgan fingerprint density at radius 2 is 1.59 bits per heavy atom. The summed E-state index contributed by atoms with van der Waals surface area (Å²) in [6.07, 6.45) is 5.85. The van der Waals surface area contributed by atoms with Gasteiger partial charge < -0.3 is 15.9 Å². The fourth-order valence-electron chi connectivity index (χ4n) is 5.08. The van der Waals surface area contributed by atoms with Gasteiger partial charge in [-0.05, 0) is 61.7 Å². The highest BCUT2D eigenvalue weighted by Gasteiger charge is 2.57. The van der Waals surface area contributed by atoms with Crippen molar-refractivity contribution in [2.75, 3.05) is 6.61 Å². The molecule has 0 aliphatic heterocycles. The Morgan fingerprint density at radius 1 is 1.12 bits per heavy atom. The number of nitrogens with two attached hydrogens (primary N) is 1. The van der Waals surface area contributed by atoms with Gasteiger partial charge in [0.2, 0.25) is 0 Å². The van der Waals surface area contributed by atoms with E-state index >= 15 is 0 Å². The van der Waals surface area contributed by atoms with Crippen molar-refractivity contribution in [3.8, 4) is 0 Å². The molecule has 96 valence electrons. The average molecular weight is 239 g/mol. The van der Waals surface area contributed by atoms with Crippen LogP contribution in [0.1, 0.15) is 32.1 Å². The summed E-state index contributed by atoms with van der Waals surface area (Å²) in [7, 11) is 0. The van der Waals surface area contributed by atoms with Crippen molar-refractivity contribution in [1.29, 1.82) is 0 Å². The minimum Gasteiger partial charge on any atom is -0.480 e. The summed E-state index contributed by atoms with van der Waals surface area (Å²) >= 11 is 0. The SMILES string of the molecule is NC(CO)(C(=O)O)C1C2CC3CC(C2)CC1C3. The molecule has 0 aromatic rings. The Morgan fingerprint density at radius 3 is 1.94 bits per heavy atom. The molecule has 4 N–H and O–H groups in total.